The zero-order chi connectivity index (χ0) is 20.3. The van der Waals surface area contributed by atoms with Gasteiger partial charge in [0.05, 0.1) is 16.5 Å². The molecule has 0 spiro atoms. The van der Waals surface area contributed by atoms with Crippen molar-refractivity contribution in [3.8, 4) is 5.75 Å². The first-order valence-electron chi connectivity index (χ1n) is 8.04. The molecule has 0 bridgehead atoms. The molecule has 1 aliphatic rings. The highest BCUT2D eigenvalue weighted by atomic mass is 79.9. The van der Waals surface area contributed by atoms with Gasteiger partial charge in [-0.2, -0.15) is 0 Å². The van der Waals surface area contributed by atoms with E-state index in [2.05, 4.69) is 15.9 Å². The summed E-state index contributed by atoms with van der Waals surface area (Å²) in [5, 5.41) is -0.0595. The Morgan fingerprint density at radius 3 is 2.57 bits per heavy atom. The van der Waals surface area contributed by atoms with Crippen LogP contribution in [0, 0.1) is 0 Å². The molecular formula is C19H14BrClN2O4S. The maximum atomic E-state index is 12.6. The number of carbonyl (C=O) groups is 3. The summed E-state index contributed by atoms with van der Waals surface area (Å²) in [6.45, 7) is -0.0794. The molecule has 0 unspecified atom stereocenters. The Balaban J connectivity index is 1.75. The van der Waals surface area contributed by atoms with Crippen molar-refractivity contribution in [3.63, 3.8) is 0 Å². The number of benzene rings is 2. The van der Waals surface area contributed by atoms with Crippen molar-refractivity contribution < 1.29 is 19.1 Å². The molecule has 2 N–H and O–H groups in total. The van der Waals surface area contributed by atoms with Gasteiger partial charge < -0.3 is 10.5 Å². The summed E-state index contributed by atoms with van der Waals surface area (Å²) in [7, 11) is 0. The van der Waals surface area contributed by atoms with Crippen molar-refractivity contribution >= 4 is 62.4 Å². The van der Waals surface area contributed by atoms with Gasteiger partial charge in [-0.15, -0.1) is 0 Å². The Labute approximate surface area is 178 Å². The van der Waals surface area contributed by atoms with Gasteiger partial charge in [-0.05, 0) is 53.2 Å². The van der Waals surface area contributed by atoms with E-state index in [1.54, 1.807) is 24.3 Å². The fourth-order valence-corrected chi connectivity index (χ4v) is 3.78. The Morgan fingerprint density at radius 1 is 1.21 bits per heavy atom. The Hall–Kier alpha value is -2.29. The molecule has 2 aromatic rings. The second kappa shape index (κ2) is 8.81. The van der Waals surface area contributed by atoms with Crippen LogP contribution in [0.5, 0.6) is 5.75 Å². The largest absolute Gasteiger partial charge is 0.482 e. The third-order valence-electron chi connectivity index (χ3n) is 3.75. The van der Waals surface area contributed by atoms with Gasteiger partial charge >= 0.3 is 0 Å². The molecule has 0 aromatic heterocycles. The van der Waals surface area contributed by atoms with Gasteiger partial charge in [-0.1, -0.05) is 45.7 Å². The molecule has 0 atom stereocenters. The molecule has 1 aliphatic heterocycles. The molecule has 28 heavy (non-hydrogen) atoms. The van der Waals surface area contributed by atoms with Gasteiger partial charge in [0.2, 0.25) is 0 Å². The van der Waals surface area contributed by atoms with Crippen molar-refractivity contribution in [1.82, 2.24) is 4.90 Å². The zero-order valence-electron chi connectivity index (χ0n) is 14.4. The smallest absolute Gasteiger partial charge is 0.293 e. The van der Waals surface area contributed by atoms with Crippen molar-refractivity contribution in [3.05, 3.63) is 68.0 Å². The number of nitrogens with zero attached hydrogens (tertiary/aromatic N) is 1. The summed E-state index contributed by atoms with van der Waals surface area (Å²) in [6.07, 6.45) is 1.59. The standard InChI is InChI=1S/C19H14BrClN2O4S/c20-13-4-1-11(2-5-13)9-23-18(25)16(28-19(23)26)8-12-3-6-15(14(21)7-12)27-10-17(22)24/h1-8H,9-10H2,(H2,22,24). The number of hydrogen-bond donors (Lipinski definition) is 1. The first kappa shape index (κ1) is 20.4. The molecule has 9 heteroatoms. The maximum absolute atomic E-state index is 12.6. The van der Waals surface area contributed by atoms with Crippen LogP contribution in [0.3, 0.4) is 0 Å². The average Bonchev–Trinajstić information content (AvgIpc) is 2.90. The van der Waals surface area contributed by atoms with Crippen LogP contribution in [0.1, 0.15) is 11.1 Å². The average molecular weight is 482 g/mol. The minimum Gasteiger partial charge on any atom is -0.482 e. The highest BCUT2D eigenvalue weighted by Crippen LogP contribution is 2.34. The molecule has 144 valence electrons. The van der Waals surface area contributed by atoms with Gasteiger partial charge in [-0.25, -0.2) is 0 Å². The number of carbonyl (C=O) groups excluding carboxylic acids is 3. The SMILES string of the molecule is NC(=O)COc1ccc(C=C2SC(=O)N(Cc3ccc(Br)cc3)C2=O)cc1Cl. The summed E-state index contributed by atoms with van der Waals surface area (Å²) in [5.41, 5.74) is 6.52. The quantitative estimate of drug-likeness (QED) is 0.625. The van der Waals surface area contributed by atoms with Crippen molar-refractivity contribution in [1.29, 1.82) is 0 Å². The van der Waals surface area contributed by atoms with Gasteiger partial charge in [0.15, 0.2) is 6.61 Å². The lowest BCUT2D eigenvalue weighted by Crippen LogP contribution is -2.27. The monoisotopic (exact) mass is 480 g/mol. The highest BCUT2D eigenvalue weighted by Gasteiger charge is 2.34. The van der Waals surface area contributed by atoms with E-state index in [1.807, 2.05) is 24.3 Å². The third-order valence-corrected chi connectivity index (χ3v) is 5.48. The lowest BCUT2D eigenvalue weighted by molar-refractivity contribution is -0.123. The number of nitrogens with two attached hydrogens (primary N) is 1. The summed E-state index contributed by atoms with van der Waals surface area (Å²) in [6, 6.07) is 12.2. The minimum absolute atomic E-state index is 0.204. The second-order valence-corrected chi connectivity index (χ2v) is 8.16. The molecule has 3 amide bonds. The number of thioether (sulfide) groups is 1. The van der Waals surface area contributed by atoms with Crippen LogP contribution in [0.4, 0.5) is 4.79 Å². The van der Waals surface area contributed by atoms with Gasteiger partial charge in [0.1, 0.15) is 5.75 Å². The first-order valence-corrected chi connectivity index (χ1v) is 10.0. The lowest BCUT2D eigenvalue weighted by atomic mass is 10.2. The molecule has 2 aromatic carbocycles. The molecule has 0 aliphatic carbocycles. The van der Waals surface area contributed by atoms with Crippen molar-refractivity contribution in [2.24, 2.45) is 5.73 Å². The summed E-state index contributed by atoms with van der Waals surface area (Å²) < 4.78 is 6.11. The molecule has 0 radical (unpaired) electrons. The van der Waals surface area contributed by atoms with Crippen LogP contribution in [0.2, 0.25) is 5.02 Å². The third kappa shape index (κ3) is 4.95. The van der Waals surface area contributed by atoms with Crippen LogP contribution < -0.4 is 10.5 Å². The van der Waals surface area contributed by atoms with E-state index in [0.29, 0.717) is 16.2 Å². The van der Waals surface area contributed by atoms with Crippen LogP contribution >= 0.6 is 39.3 Å². The topological polar surface area (TPSA) is 89.7 Å². The summed E-state index contributed by atoms with van der Waals surface area (Å²) in [4.78, 5) is 37.2. The van der Waals surface area contributed by atoms with Crippen molar-refractivity contribution in [2.75, 3.05) is 6.61 Å². The second-order valence-electron chi connectivity index (χ2n) is 5.84. The number of primary amides is 1. The molecule has 1 fully saturated rings. The fraction of sp³-hybridized carbons (Fsp3) is 0.105. The predicted octanol–water partition coefficient (Wildman–Crippen LogP) is 4.20. The van der Waals surface area contributed by atoms with Crippen LogP contribution in [-0.4, -0.2) is 28.6 Å². The Kier molecular flexibility index (Phi) is 6.43. The molecule has 1 saturated heterocycles. The molecule has 3 rings (SSSR count). The Bertz CT molecular complexity index is 978. The number of halogens is 2. The normalized spacial score (nSPS) is 15.4. The van der Waals surface area contributed by atoms with E-state index in [0.717, 1.165) is 21.8 Å². The molecular weight excluding hydrogens is 468 g/mol. The molecule has 0 saturated carbocycles. The summed E-state index contributed by atoms with van der Waals surface area (Å²) >= 11 is 10.4. The van der Waals surface area contributed by atoms with E-state index in [-0.39, 0.29) is 29.3 Å². The number of rotatable bonds is 6. The van der Waals surface area contributed by atoms with E-state index in [4.69, 9.17) is 22.1 Å². The number of hydrogen-bond acceptors (Lipinski definition) is 5. The maximum Gasteiger partial charge on any atom is 0.293 e. The Morgan fingerprint density at radius 2 is 1.93 bits per heavy atom. The molecule has 1 heterocycles. The van der Waals surface area contributed by atoms with E-state index >= 15 is 0 Å². The number of ether oxygens (including phenoxy) is 1. The predicted molar refractivity (Wildman–Crippen MR) is 112 cm³/mol. The molecule has 6 nitrogen and oxygen atoms in total. The van der Waals surface area contributed by atoms with E-state index in [1.165, 1.54) is 4.90 Å². The summed E-state index contributed by atoms with van der Waals surface area (Å²) in [5.74, 6) is -0.663. The fourth-order valence-electron chi connectivity index (χ4n) is 2.43. The number of imide groups is 1. The van der Waals surface area contributed by atoms with Gasteiger partial charge in [-0.3, -0.25) is 19.3 Å². The van der Waals surface area contributed by atoms with Crippen LogP contribution in [-0.2, 0) is 16.1 Å². The highest BCUT2D eigenvalue weighted by molar-refractivity contribution is 9.10. The van der Waals surface area contributed by atoms with Crippen LogP contribution in [0.25, 0.3) is 6.08 Å². The lowest BCUT2D eigenvalue weighted by Gasteiger charge is -2.12. The minimum atomic E-state index is -0.611. The zero-order valence-corrected chi connectivity index (χ0v) is 17.5. The van der Waals surface area contributed by atoms with Gasteiger partial charge in [0.25, 0.3) is 17.1 Å². The van der Waals surface area contributed by atoms with Crippen molar-refractivity contribution in [2.45, 2.75) is 6.54 Å². The van der Waals surface area contributed by atoms with Gasteiger partial charge in [0, 0.05) is 4.47 Å². The van der Waals surface area contributed by atoms with E-state index in [9.17, 15) is 14.4 Å². The first-order chi connectivity index (χ1) is 13.3. The van der Waals surface area contributed by atoms with Crippen LogP contribution in [0.15, 0.2) is 51.8 Å². The van der Waals surface area contributed by atoms with E-state index < -0.39 is 5.91 Å². The number of amides is 3.